The molecule has 0 aliphatic carbocycles. The molecule has 1 amide bonds. The molecule has 0 saturated heterocycles. The summed E-state index contributed by atoms with van der Waals surface area (Å²) in [5, 5.41) is 4.67. The van der Waals surface area contributed by atoms with Crippen molar-refractivity contribution in [3.05, 3.63) is 71.2 Å². The van der Waals surface area contributed by atoms with E-state index in [0.717, 1.165) is 22.8 Å². The van der Waals surface area contributed by atoms with Crippen LogP contribution in [0.5, 0.6) is 5.75 Å². The van der Waals surface area contributed by atoms with Gasteiger partial charge in [-0.3, -0.25) is 4.79 Å². The van der Waals surface area contributed by atoms with Crippen molar-refractivity contribution in [2.24, 2.45) is 0 Å². The molecule has 0 bridgehead atoms. The van der Waals surface area contributed by atoms with Crippen molar-refractivity contribution in [1.82, 2.24) is 15.0 Å². The molecule has 146 valence electrons. The lowest BCUT2D eigenvalue weighted by atomic mass is 10.2. The number of carbonyl (C=O) groups is 1. The molecule has 2 heterocycles. The van der Waals surface area contributed by atoms with Crippen molar-refractivity contribution in [3.63, 3.8) is 0 Å². The molecule has 28 heavy (non-hydrogen) atoms. The Balaban J connectivity index is 1.67. The highest BCUT2D eigenvalue weighted by atomic mass is 32.2. The monoisotopic (exact) mass is 397 g/mol. The first-order valence-corrected chi connectivity index (χ1v) is 10.0. The number of amides is 1. The molecule has 1 aromatic carbocycles. The summed E-state index contributed by atoms with van der Waals surface area (Å²) in [5.74, 6) is 2.12. The van der Waals surface area contributed by atoms with E-state index in [1.807, 2.05) is 44.2 Å². The SMILES string of the molecule is CCOc1ccc(CN(C)C(=O)c2cccnc2SCc2cc(C)on2)cc1. The van der Waals surface area contributed by atoms with Crippen LogP contribution in [0.2, 0.25) is 0 Å². The summed E-state index contributed by atoms with van der Waals surface area (Å²) in [6.07, 6.45) is 1.69. The summed E-state index contributed by atoms with van der Waals surface area (Å²) in [4.78, 5) is 19.0. The number of rotatable bonds is 8. The maximum atomic E-state index is 13.0. The molecule has 0 atom stereocenters. The molecule has 3 rings (SSSR count). The quantitative estimate of drug-likeness (QED) is 0.527. The molecule has 0 aliphatic heterocycles. The Hall–Kier alpha value is -2.80. The summed E-state index contributed by atoms with van der Waals surface area (Å²) in [6, 6.07) is 13.3. The Morgan fingerprint density at radius 1 is 1.25 bits per heavy atom. The van der Waals surface area contributed by atoms with Crippen LogP contribution < -0.4 is 4.74 Å². The zero-order chi connectivity index (χ0) is 19.9. The van der Waals surface area contributed by atoms with Crippen LogP contribution in [0.1, 0.15) is 34.3 Å². The van der Waals surface area contributed by atoms with Crippen LogP contribution in [0.4, 0.5) is 0 Å². The van der Waals surface area contributed by atoms with Crippen molar-refractivity contribution >= 4 is 17.7 Å². The summed E-state index contributed by atoms with van der Waals surface area (Å²) in [5.41, 5.74) is 2.45. The third-order valence-corrected chi connectivity index (χ3v) is 5.07. The highest BCUT2D eigenvalue weighted by Crippen LogP contribution is 2.25. The molecule has 0 fully saturated rings. The number of aromatic nitrogens is 2. The fraction of sp³-hybridized carbons (Fsp3) is 0.286. The third-order valence-electron chi connectivity index (χ3n) is 4.04. The normalized spacial score (nSPS) is 10.7. The van der Waals surface area contributed by atoms with Gasteiger partial charge in [-0.05, 0) is 43.7 Å². The van der Waals surface area contributed by atoms with E-state index in [-0.39, 0.29) is 5.91 Å². The Bertz CT molecular complexity index is 925. The third kappa shape index (κ3) is 5.13. The second kappa shape index (κ2) is 9.41. The van der Waals surface area contributed by atoms with Crippen molar-refractivity contribution in [2.45, 2.75) is 31.2 Å². The van der Waals surface area contributed by atoms with Gasteiger partial charge in [-0.15, -0.1) is 0 Å². The molecule has 0 unspecified atom stereocenters. The Kier molecular flexibility index (Phi) is 6.71. The first kappa shape index (κ1) is 19.9. The summed E-state index contributed by atoms with van der Waals surface area (Å²) in [7, 11) is 1.79. The Labute approximate surface area is 168 Å². The Morgan fingerprint density at radius 2 is 2.04 bits per heavy atom. The largest absolute Gasteiger partial charge is 0.494 e. The fourth-order valence-electron chi connectivity index (χ4n) is 2.71. The van der Waals surface area contributed by atoms with Gasteiger partial charge < -0.3 is 14.2 Å². The zero-order valence-corrected chi connectivity index (χ0v) is 17.0. The molecule has 0 aliphatic rings. The van der Waals surface area contributed by atoms with E-state index >= 15 is 0 Å². The highest BCUT2D eigenvalue weighted by Gasteiger charge is 2.17. The van der Waals surface area contributed by atoms with Crippen molar-refractivity contribution in [2.75, 3.05) is 13.7 Å². The highest BCUT2D eigenvalue weighted by molar-refractivity contribution is 7.98. The summed E-state index contributed by atoms with van der Waals surface area (Å²) < 4.78 is 10.6. The van der Waals surface area contributed by atoms with Gasteiger partial charge in [-0.1, -0.05) is 29.1 Å². The standard InChI is InChI=1S/C21H23N3O3S/c1-4-26-18-9-7-16(8-10-18)13-24(3)21(25)19-6-5-11-22-20(19)28-14-17-12-15(2)27-23-17/h5-12H,4,13-14H2,1-3H3. The lowest BCUT2D eigenvalue weighted by molar-refractivity contribution is 0.0781. The van der Waals surface area contributed by atoms with Crippen molar-refractivity contribution < 1.29 is 14.1 Å². The lowest BCUT2D eigenvalue weighted by Gasteiger charge is -2.19. The minimum Gasteiger partial charge on any atom is -0.494 e. The Morgan fingerprint density at radius 3 is 2.71 bits per heavy atom. The van der Waals surface area contributed by atoms with E-state index in [0.29, 0.717) is 29.5 Å². The number of nitrogens with zero attached hydrogens (tertiary/aromatic N) is 3. The van der Waals surface area contributed by atoms with E-state index < -0.39 is 0 Å². The van der Waals surface area contributed by atoms with Gasteiger partial charge in [0.05, 0.1) is 17.9 Å². The minimum atomic E-state index is -0.0687. The van der Waals surface area contributed by atoms with E-state index in [4.69, 9.17) is 9.26 Å². The molecule has 2 aromatic heterocycles. The molecule has 3 aromatic rings. The van der Waals surface area contributed by atoms with Gasteiger partial charge in [-0.2, -0.15) is 0 Å². The van der Waals surface area contributed by atoms with Crippen molar-refractivity contribution in [1.29, 1.82) is 0 Å². The van der Waals surface area contributed by atoms with E-state index in [2.05, 4.69) is 10.1 Å². The van der Waals surface area contributed by atoms with Gasteiger partial charge in [0.2, 0.25) is 0 Å². The van der Waals surface area contributed by atoms with Crippen molar-refractivity contribution in [3.8, 4) is 5.75 Å². The second-order valence-electron chi connectivity index (χ2n) is 6.31. The topological polar surface area (TPSA) is 68.5 Å². The van der Waals surface area contributed by atoms with E-state index in [9.17, 15) is 4.79 Å². The number of thioether (sulfide) groups is 1. The predicted molar refractivity (Wildman–Crippen MR) is 108 cm³/mol. The van der Waals surface area contributed by atoms with Gasteiger partial charge in [0.1, 0.15) is 16.5 Å². The van der Waals surface area contributed by atoms with Gasteiger partial charge in [0.15, 0.2) is 0 Å². The number of hydrogen-bond donors (Lipinski definition) is 0. The number of pyridine rings is 1. The molecule has 6 nitrogen and oxygen atoms in total. The first-order valence-electron chi connectivity index (χ1n) is 9.04. The molecular formula is C21H23N3O3S. The van der Waals surface area contributed by atoms with Crippen LogP contribution in [-0.4, -0.2) is 34.6 Å². The zero-order valence-electron chi connectivity index (χ0n) is 16.2. The number of ether oxygens (including phenoxy) is 1. The van der Waals surface area contributed by atoms with Gasteiger partial charge in [0.25, 0.3) is 5.91 Å². The molecule has 0 spiro atoms. The van der Waals surface area contributed by atoms with Crippen LogP contribution in [-0.2, 0) is 12.3 Å². The average Bonchev–Trinajstić information content (AvgIpc) is 3.13. The van der Waals surface area contributed by atoms with E-state index in [1.54, 1.807) is 30.3 Å². The van der Waals surface area contributed by atoms with Gasteiger partial charge in [0, 0.05) is 31.6 Å². The van der Waals surface area contributed by atoms with Crippen LogP contribution in [0, 0.1) is 6.92 Å². The van der Waals surface area contributed by atoms with Gasteiger partial charge in [-0.25, -0.2) is 4.98 Å². The smallest absolute Gasteiger partial charge is 0.256 e. The van der Waals surface area contributed by atoms with Crippen LogP contribution in [0.3, 0.4) is 0 Å². The number of aryl methyl sites for hydroxylation is 1. The van der Waals surface area contributed by atoms with Gasteiger partial charge >= 0.3 is 0 Å². The molecule has 0 N–H and O–H groups in total. The fourth-order valence-corrected chi connectivity index (χ4v) is 3.57. The second-order valence-corrected chi connectivity index (χ2v) is 7.28. The summed E-state index contributed by atoms with van der Waals surface area (Å²) in [6.45, 7) is 4.94. The number of hydrogen-bond acceptors (Lipinski definition) is 6. The molecule has 0 radical (unpaired) electrons. The average molecular weight is 398 g/mol. The molecule has 0 saturated carbocycles. The predicted octanol–water partition coefficient (Wildman–Crippen LogP) is 4.34. The number of carbonyl (C=O) groups excluding carboxylic acids is 1. The first-order chi connectivity index (χ1) is 13.6. The summed E-state index contributed by atoms with van der Waals surface area (Å²) >= 11 is 1.48. The maximum Gasteiger partial charge on any atom is 0.256 e. The van der Waals surface area contributed by atoms with Crippen LogP contribution in [0.15, 0.2) is 58.2 Å². The molecular weight excluding hydrogens is 374 g/mol. The van der Waals surface area contributed by atoms with Crippen LogP contribution >= 0.6 is 11.8 Å². The maximum absolute atomic E-state index is 13.0. The number of benzene rings is 1. The lowest BCUT2D eigenvalue weighted by Crippen LogP contribution is -2.26. The van der Waals surface area contributed by atoms with E-state index in [1.165, 1.54) is 11.8 Å². The molecule has 7 heteroatoms. The van der Waals surface area contributed by atoms with Crippen LogP contribution in [0.25, 0.3) is 0 Å². The minimum absolute atomic E-state index is 0.0687.